The summed E-state index contributed by atoms with van der Waals surface area (Å²) in [6.07, 6.45) is -3.53. The van der Waals surface area contributed by atoms with Gasteiger partial charge in [0.2, 0.25) is 0 Å². The van der Waals surface area contributed by atoms with Crippen molar-refractivity contribution in [2.24, 2.45) is 0 Å². The Labute approximate surface area is 130 Å². The average molecular weight is 351 g/mol. The first kappa shape index (κ1) is 16.5. The number of alkyl halides is 3. The zero-order valence-corrected chi connectivity index (χ0v) is 12.9. The van der Waals surface area contributed by atoms with E-state index in [1.54, 1.807) is 12.1 Å². The van der Waals surface area contributed by atoms with Crippen molar-refractivity contribution in [3.63, 3.8) is 0 Å². The molecule has 0 unspecified atom stereocenters. The lowest BCUT2D eigenvalue weighted by Crippen LogP contribution is -2.04. The molecule has 0 fully saturated rings. The predicted octanol–water partition coefficient (Wildman–Crippen LogP) is 5.83. The van der Waals surface area contributed by atoms with Gasteiger partial charge in [0.25, 0.3) is 0 Å². The maximum Gasteiger partial charge on any atom is 0.417 e. The van der Waals surface area contributed by atoms with Gasteiger partial charge in [-0.25, -0.2) is 9.37 Å². The van der Waals surface area contributed by atoms with Crippen molar-refractivity contribution in [3.8, 4) is 0 Å². The Bertz CT molecular complexity index is 569. The third-order valence-corrected chi connectivity index (χ3v) is 6.23. The zero-order chi connectivity index (χ0) is 15.3. The molecule has 0 aliphatic heterocycles. The molecule has 2 aromatic rings. The quantitative estimate of drug-likeness (QED) is 0.382. The van der Waals surface area contributed by atoms with E-state index in [9.17, 15) is 17.6 Å². The lowest BCUT2D eigenvalue weighted by molar-refractivity contribution is -0.137. The molecule has 0 aliphatic rings. The summed E-state index contributed by atoms with van der Waals surface area (Å²) < 4.78 is 49.8. The van der Waals surface area contributed by atoms with E-state index in [2.05, 4.69) is 4.98 Å². The van der Waals surface area contributed by atoms with Gasteiger partial charge in [0, 0.05) is 11.9 Å². The summed E-state index contributed by atoms with van der Waals surface area (Å²) in [5.41, 5.74) is 0.227. The second-order valence-electron chi connectivity index (χ2n) is 3.92. The first-order valence-electron chi connectivity index (χ1n) is 5.69. The number of nitrogens with zero attached hydrogens (tertiary/aromatic N) is 1. The van der Waals surface area contributed by atoms with Crippen LogP contribution in [0.1, 0.15) is 11.1 Å². The van der Waals surface area contributed by atoms with Crippen LogP contribution in [-0.2, 0) is 11.9 Å². The van der Waals surface area contributed by atoms with Gasteiger partial charge in [0.05, 0.1) is 5.56 Å². The predicted molar refractivity (Wildman–Crippen MR) is 80.4 cm³/mol. The van der Waals surface area contributed by atoms with Gasteiger partial charge in [-0.15, -0.1) is 0 Å². The molecular weight excluding hydrogens is 342 g/mol. The first-order valence-corrected chi connectivity index (χ1v) is 9.34. The van der Waals surface area contributed by atoms with Crippen LogP contribution in [0.3, 0.4) is 0 Å². The highest BCUT2D eigenvalue weighted by atomic mass is 33.5. The van der Waals surface area contributed by atoms with Crippen LogP contribution in [0.4, 0.5) is 17.6 Å². The van der Waals surface area contributed by atoms with Gasteiger partial charge >= 0.3 is 6.18 Å². The van der Waals surface area contributed by atoms with Crippen LogP contribution >= 0.6 is 31.4 Å². The molecule has 21 heavy (non-hydrogen) atoms. The number of hydrogen-bond acceptors (Lipinski definition) is 4. The monoisotopic (exact) mass is 351 g/mol. The molecular formula is C13H9F4NS3. The number of aromatic nitrogens is 1. The Morgan fingerprint density at radius 1 is 1.00 bits per heavy atom. The van der Waals surface area contributed by atoms with Crippen LogP contribution in [-0.4, -0.2) is 4.98 Å². The second-order valence-corrected chi connectivity index (χ2v) is 8.01. The van der Waals surface area contributed by atoms with Crippen LogP contribution in [0.5, 0.6) is 0 Å². The van der Waals surface area contributed by atoms with Crippen molar-refractivity contribution in [3.05, 3.63) is 59.5 Å². The van der Waals surface area contributed by atoms with E-state index in [0.717, 1.165) is 17.8 Å². The molecule has 0 saturated carbocycles. The molecule has 1 aromatic carbocycles. The molecule has 1 nitrogen and oxygen atoms in total. The minimum absolute atomic E-state index is 0.278. The summed E-state index contributed by atoms with van der Waals surface area (Å²) in [4.78, 5) is 3.76. The number of halogens is 4. The van der Waals surface area contributed by atoms with E-state index in [0.29, 0.717) is 10.8 Å². The molecule has 0 N–H and O–H groups in total. The van der Waals surface area contributed by atoms with Gasteiger partial charge in [-0.1, -0.05) is 22.9 Å². The van der Waals surface area contributed by atoms with Crippen LogP contribution in [0, 0.1) is 5.82 Å². The highest BCUT2D eigenvalue weighted by Crippen LogP contribution is 2.41. The normalized spacial score (nSPS) is 11.6. The summed E-state index contributed by atoms with van der Waals surface area (Å²) in [6, 6.07) is 8.55. The number of pyridine rings is 1. The molecule has 0 spiro atoms. The third kappa shape index (κ3) is 5.44. The summed E-state index contributed by atoms with van der Waals surface area (Å²) >= 11 is 0. The Balaban J connectivity index is 1.77. The van der Waals surface area contributed by atoms with E-state index in [4.69, 9.17) is 0 Å². The van der Waals surface area contributed by atoms with Crippen LogP contribution < -0.4 is 0 Å². The van der Waals surface area contributed by atoms with Gasteiger partial charge in [0.1, 0.15) is 10.8 Å². The lowest BCUT2D eigenvalue weighted by atomic mass is 10.2. The topological polar surface area (TPSA) is 12.9 Å². The molecule has 0 saturated heterocycles. The van der Waals surface area contributed by atoms with Crippen LogP contribution in [0.15, 0.2) is 47.6 Å². The smallest absolute Gasteiger partial charge is 0.248 e. The standard InChI is InChI=1S/C13H9F4NS3/c14-11-4-1-9(2-5-11)8-19-21-20-12-6-3-10(7-18-12)13(15,16)17/h1-7H,8H2. The molecule has 0 bridgehead atoms. The molecule has 0 amide bonds. The SMILES string of the molecule is Fc1ccc(CSSSc2ccc(C(F)(F)F)cn2)cc1. The van der Waals surface area contributed by atoms with Gasteiger partial charge in [-0.2, -0.15) is 13.2 Å². The van der Waals surface area contributed by atoms with E-state index >= 15 is 0 Å². The molecule has 1 aromatic heterocycles. The van der Waals surface area contributed by atoms with E-state index in [1.807, 2.05) is 0 Å². The fourth-order valence-corrected chi connectivity index (χ4v) is 4.74. The summed E-state index contributed by atoms with van der Waals surface area (Å²) in [5, 5.41) is 0.514. The van der Waals surface area contributed by atoms with Crippen molar-refractivity contribution in [1.82, 2.24) is 4.98 Å². The highest BCUT2D eigenvalue weighted by Gasteiger charge is 2.30. The Kier molecular flexibility index (Phi) is 5.83. The minimum Gasteiger partial charge on any atom is -0.248 e. The third-order valence-electron chi connectivity index (χ3n) is 2.37. The van der Waals surface area contributed by atoms with Crippen molar-refractivity contribution in [2.45, 2.75) is 17.0 Å². The molecule has 0 atom stereocenters. The minimum atomic E-state index is -4.36. The van der Waals surface area contributed by atoms with E-state index in [-0.39, 0.29) is 5.82 Å². The fourth-order valence-electron chi connectivity index (χ4n) is 1.33. The van der Waals surface area contributed by atoms with Crippen molar-refractivity contribution in [2.75, 3.05) is 0 Å². The van der Waals surface area contributed by atoms with E-state index < -0.39 is 11.7 Å². The number of benzene rings is 1. The van der Waals surface area contributed by atoms with Gasteiger partial charge in [-0.3, -0.25) is 0 Å². The molecule has 0 radical (unpaired) electrons. The molecule has 2 rings (SSSR count). The Hall–Kier alpha value is -0.860. The second kappa shape index (κ2) is 7.42. The van der Waals surface area contributed by atoms with Crippen molar-refractivity contribution >= 4 is 31.4 Å². The van der Waals surface area contributed by atoms with Crippen molar-refractivity contribution < 1.29 is 17.6 Å². The molecule has 8 heteroatoms. The zero-order valence-electron chi connectivity index (χ0n) is 10.4. The van der Waals surface area contributed by atoms with Crippen LogP contribution in [0.2, 0.25) is 0 Å². The molecule has 0 aliphatic carbocycles. The summed E-state index contributed by atoms with van der Waals surface area (Å²) in [5.74, 6) is 0.401. The molecule has 112 valence electrons. The highest BCUT2D eigenvalue weighted by molar-refractivity contribution is 9.09. The maximum absolute atomic E-state index is 12.7. The van der Waals surface area contributed by atoms with E-state index in [1.165, 1.54) is 49.6 Å². The lowest BCUT2D eigenvalue weighted by Gasteiger charge is -2.06. The van der Waals surface area contributed by atoms with Gasteiger partial charge < -0.3 is 0 Å². The number of hydrogen-bond donors (Lipinski definition) is 0. The summed E-state index contributed by atoms with van der Waals surface area (Å²) in [6.45, 7) is 0. The summed E-state index contributed by atoms with van der Waals surface area (Å²) in [7, 11) is 4.22. The number of rotatable bonds is 5. The first-order chi connectivity index (χ1) is 9.95. The fraction of sp³-hybridized carbons (Fsp3) is 0.154. The van der Waals surface area contributed by atoms with Gasteiger partial charge in [-0.05, 0) is 50.4 Å². The van der Waals surface area contributed by atoms with Gasteiger partial charge in [0.15, 0.2) is 0 Å². The average Bonchev–Trinajstić information content (AvgIpc) is 2.45. The maximum atomic E-state index is 12.7. The largest absolute Gasteiger partial charge is 0.417 e. The Morgan fingerprint density at radius 3 is 2.29 bits per heavy atom. The van der Waals surface area contributed by atoms with Crippen LogP contribution in [0.25, 0.3) is 0 Å². The molecule has 1 heterocycles. The Morgan fingerprint density at radius 2 is 1.71 bits per heavy atom. The van der Waals surface area contributed by atoms with Crippen molar-refractivity contribution in [1.29, 1.82) is 0 Å².